The average Bonchev–Trinajstić information content (AvgIpc) is 2.81. The molecule has 1 rings (SSSR count). The largest absolute Gasteiger partial charge is 0.482 e. The molecule has 0 atom stereocenters. The highest BCUT2D eigenvalue weighted by Crippen LogP contribution is 2.21. The van der Waals surface area contributed by atoms with Gasteiger partial charge in [0.1, 0.15) is 5.75 Å². The minimum absolute atomic E-state index is 0.200. The summed E-state index contributed by atoms with van der Waals surface area (Å²) in [4.78, 5) is 11.5. The summed E-state index contributed by atoms with van der Waals surface area (Å²) in [6, 6.07) is 7.10. The van der Waals surface area contributed by atoms with Gasteiger partial charge in [-0.1, -0.05) is 90.4 Å². The van der Waals surface area contributed by atoms with Crippen LogP contribution in [0.1, 0.15) is 96.8 Å². The molecule has 0 fully saturated rings. The normalized spacial score (nSPS) is 11.6. The second kappa shape index (κ2) is 20.0. The third kappa shape index (κ3) is 18.1. The van der Waals surface area contributed by atoms with Gasteiger partial charge in [-0.25, -0.2) is 17.9 Å². The van der Waals surface area contributed by atoms with Crippen LogP contribution in [0.2, 0.25) is 0 Å². The molecule has 0 aliphatic carbocycles. The zero-order valence-corrected chi connectivity index (χ0v) is 22.6. The van der Waals surface area contributed by atoms with Crippen LogP contribution in [0, 0.1) is 0 Å². The molecule has 196 valence electrons. The van der Waals surface area contributed by atoms with E-state index in [0.29, 0.717) is 18.0 Å². The van der Waals surface area contributed by atoms with Gasteiger partial charge in [0.05, 0.1) is 5.75 Å². The van der Waals surface area contributed by atoms with Crippen LogP contribution in [-0.2, 0) is 14.8 Å². The lowest BCUT2D eigenvalue weighted by atomic mass is 10.0. The number of hydrogen-bond donors (Lipinski definition) is 2. The second-order valence-electron chi connectivity index (χ2n) is 8.81. The van der Waals surface area contributed by atoms with Gasteiger partial charge in [0, 0.05) is 17.2 Å². The average molecular weight is 516 g/mol. The van der Waals surface area contributed by atoms with Crippen LogP contribution in [0.25, 0.3) is 0 Å². The summed E-state index contributed by atoms with van der Waals surface area (Å²) in [6.45, 7) is 2.28. The molecule has 0 saturated heterocycles. The maximum absolute atomic E-state index is 12.1. The van der Waals surface area contributed by atoms with Gasteiger partial charge in [0.15, 0.2) is 6.61 Å². The molecule has 8 heteroatoms. The van der Waals surface area contributed by atoms with Gasteiger partial charge in [-0.2, -0.15) is 0 Å². The molecule has 0 saturated carbocycles. The van der Waals surface area contributed by atoms with E-state index in [9.17, 15) is 13.2 Å². The number of carboxylic acid groups (broad SMARTS) is 1. The standard InChI is InChI=1S/C26H45NO5S2/c1-2-3-4-5-6-7-8-9-10-11-12-13-14-15-22-34(30,31)27-20-21-33-25-18-16-24(17-19-25)32-23-26(28)29/h16-19,27H,2-15,20-23H2,1H3,(H,28,29). The highest BCUT2D eigenvalue weighted by atomic mass is 32.2. The lowest BCUT2D eigenvalue weighted by Gasteiger charge is -2.08. The van der Waals surface area contributed by atoms with E-state index >= 15 is 0 Å². The Hall–Kier alpha value is -1.25. The maximum atomic E-state index is 12.1. The van der Waals surface area contributed by atoms with E-state index in [-0.39, 0.29) is 12.4 Å². The zero-order valence-electron chi connectivity index (χ0n) is 20.9. The van der Waals surface area contributed by atoms with Crippen molar-refractivity contribution in [2.24, 2.45) is 0 Å². The molecule has 0 aliphatic heterocycles. The Morgan fingerprint density at radius 3 is 1.85 bits per heavy atom. The first-order chi connectivity index (χ1) is 16.4. The number of hydrogen-bond acceptors (Lipinski definition) is 5. The summed E-state index contributed by atoms with van der Waals surface area (Å²) in [6.07, 6.45) is 17.6. The number of carbonyl (C=O) groups is 1. The van der Waals surface area contributed by atoms with Crippen LogP contribution >= 0.6 is 11.8 Å². The van der Waals surface area contributed by atoms with Gasteiger partial charge in [-0.05, 0) is 30.7 Å². The zero-order chi connectivity index (χ0) is 24.9. The predicted molar refractivity (Wildman–Crippen MR) is 142 cm³/mol. The number of sulfonamides is 1. The molecule has 2 N–H and O–H groups in total. The molecule has 0 aliphatic rings. The Balaban J connectivity index is 1.96. The van der Waals surface area contributed by atoms with E-state index in [4.69, 9.17) is 9.84 Å². The van der Waals surface area contributed by atoms with E-state index in [1.54, 1.807) is 23.9 Å². The number of unbranched alkanes of at least 4 members (excludes halogenated alkanes) is 13. The molecule has 1 aromatic carbocycles. The molecule has 6 nitrogen and oxygen atoms in total. The van der Waals surface area contributed by atoms with Gasteiger partial charge < -0.3 is 9.84 Å². The van der Waals surface area contributed by atoms with Crippen molar-refractivity contribution >= 4 is 27.8 Å². The van der Waals surface area contributed by atoms with E-state index in [2.05, 4.69) is 11.6 Å². The number of nitrogens with one attached hydrogen (secondary N) is 1. The van der Waals surface area contributed by atoms with Gasteiger partial charge in [-0.15, -0.1) is 11.8 Å². The second-order valence-corrected chi connectivity index (χ2v) is 11.9. The van der Waals surface area contributed by atoms with Gasteiger partial charge in [0.25, 0.3) is 0 Å². The van der Waals surface area contributed by atoms with Gasteiger partial charge >= 0.3 is 5.97 Å². The smallest absolute Gasteiger partial charge is 0.341 e. The SMILES string of the molecule is CCCCCCCCCCCCCCCCS(=O)(=O)NCCSc1ccc(OCC(=O)O)cc1. The predicted octanol–water partition coefficient (Wildman–Crippen LogP) is 6.64. The van der Waals surface area contributed by atoms with Crippen molar-refractivity contribution in [3.63, 3.8) is 0 Å². The van der Waals surface area contributed by atoms with E-state index in [1.807, 2.05) is 12.1 Å². The third-order valence-corrected chi connectivity index (χ3v) is 8.13. The summed E-state index contributed by atoms with van der Waals surface area (Å²) < 4.78 is 32.1. The van der Waals surface area contributed by atoms with Crippen LogP contribution in [0.3, 0.4) is 0 Å². The van der Waals surface area contributed by atoms with E-state index in [0.717, 1.165) is 24.2 Å². The van der Waals surface area contributed by atoms with Gasteiger partial charge in [0.2, 0.25) is 10.0 Å². The number of rotatable bonds is 23. The first-order valence-electron chi connectivity index (χ1n) is 13.0. The molecular weight excluding hydrogens is 470 g/mol. The molecule has 0 bridgehead atoms. The number of benzene rings is 1. The Kier molecular flexibility index (Phi) is 18.1. The minimum Gasteiger partial charge on any atom is -0.482 e. The molecular formula is C26H45NO5S2. The number of ether oxygens (including phenoxy) is 1. The van der Waals surface area contributed by atoms with E-state index < -0.39 is 16.0 Å². The molecule has 0 amide bonds. The molecule has 1 aromatic rings. The maximum Gasteiger partial charge on any atom is 0.341 e. The molecule has 0 spiro atoms. The summed E-state index contributed by atoms with van der Waals surface area (Å²) >= 11 is 1.54. The first-order valence-corrected chi connectivity index (χ1v) is 15.6. The lowest BCUT2D eigenvalue weighted by molar-refractivity contribution is -0.139. The highest BCUT2D eigenvalue weighted by molar-refractivity contribution is 7.99. The Morgan fingerprint density at radius 1 is 0.853 bits per heavy atom. The van der Waals surface area contributed by atoms with Crippen molar-refractivity contribution in [3.05, 3.63) is 24.3 Å². The third-order valence-electron chi connectivity index (χ3n) is 5.65. The Morgan fingerprint density at radius 2 is 1.35 bits per heavy atom. The number of carboxylic acids is 1. The van der Waals surface area contributed by atoms with Crippen LogP contribution < -0.4 is 9.46 Å². The quantitative estimate of drug-likeness (QED) is 0.125. The Labute approximate surface area is 211 Å². The minimum atomic E-state index is -3.21. The molecule has 0 unspecified atom stereocenters. The monoisotopic (exact) mass is 515 g/mol. The number of aliphatic carboxylic acids is 1. The number of thioether (sulfide) groups is 1. The lowest BCUT2D eigenvalue weighted by Crippen LogP contribution is -2.28. The van der Waals surface area contributed by atoms with Crippen molar-refractivity contribution in [2.75, 3.05) is 24.7 Å². The summed E-state index contributed by atoms with van der Waals surface area (Å²) in [5.74, 6) is 0.318. The fourth-order valence-corrected chi connectivity index (χ4v) is 5.74. The fraction of sp³-hybridized carbons (Fsp3) is 0.731. The van der Waals surface area contributed by atoms with Crippen molar-refractivity contribution in [3.8, 4) is 5.75 Å². The van der Waals surface area contributed by atoms with Crippen LogP contribution in [-0.4, -0.2) is 44.2 Å². The van der Waals surface area contributed by atoms with Gasteiger partial charge in [-0.3, -0.25) is 0 Å². The Bertz CT molecular complexity index is 738. The van der Waals surface area contributed by atoms with Crippen LogP contribution in [0.5, 0.6) is 5.75 Å². The van der Waals surface area contributed by atoms with Crippen molar-refractivity contribution in [1.82, 2.24) is 4.72 Å². The molecule has 34 heavy (non-hydrogen) atoms. The first kappa shape index (κ1) is 30.8. The fourth-order valence-electron chi connectivity index (χ4n) is 3.70. The summed E-state index contributed by atoms with van der Waals surface area (Å²) in [5, 5.41) is 8.61. The molecule has 0 heterocycles. The topological polar surface area (TPSA) is 92.7 Å². The van der Waals surface area contributed by atoms with Crippen LogP contribution in [0.4, 0.5) is 0 Å². The van der Waals surface area contributed by atoms with Crippen molar-refractivity contribution < 1.29 is 23.1 Å². The summed E-state index contributed by atoms with van der Waals surface area (Å²) in [7, 11) is -3.21. The molecule has 0 radical (unpaired) electrons. The van der Waals surface area contributed by atoms with Crippen molar-refractivity contribution in [2.45, 2.75) is 102 Å². The van der Waals surface area contributed by atoms with Crippen LogP contribution in [0.15, 0.2) is 29.2 Å². The molecule has 0 aromatic heterocycles. The highest BCUT2D eigenvalue weighted by Gasteiger charge is 2.09. The van der Waals surface area contributed by atoms with Crippen molar-refractivity contribution in [1.29, 1.82) is 0 Å². The summed E-state index contributed by atoms with van der Waals surface area (Å²) in [5.41, 5.74) is 0. The van der Waals surface area contributed by atoms with E-state index in [1.165, 1.54) is 70.6 Å².